The molecule has 0 amide bonds. The Hall–Kier alpha value is -0.610. The number of rotatable bonds is 10. The fourth-order valence-corrected chi connectivity index (χ4v) is 2.68. The molecule has 124 valence electrons. The molecule has 0 aromatic carbocycles. The van der Waals surface area contributed by atoms with Crippen molar-refractivity contribution in [2.45, 2.75) is 84.5 Å². The summed E-state index contributed by atoms with van der Waals surface area (Å²) in [5.41, 5.74) is 0. The van der Waals surface area contributed by atoms with Crippen LogP contribution < -0.4 is 0 Å². The molecule has 0 unspecified atom stereocenters. The molecule has 4 nitrogen and oxygen atoms in total. The summed E-state index contributed by atoms with van der Waals surface area (Å²) in [5, 5.41) is 0. The standard InChI is InChI=1S/C17H32O4/c1-5-7-8-9-11-14(10-6-2)16(18)19-12-15-13-20-17(3,4)21-15/h14-15H,5-13H2,1-4H3/t14-,15-/m0/s1. The average Bonchev–Trinajstić information content (AvgIpc) is 2.79. The topological polar surface area (TPSA) is 44.8 Å². The van der Waals surface area contributed by atoms with Gasteiger partial charge < -0.3 is 14.2 Å². The zero-order valence-corrected chi connectivity index (χ0v) is 14.2. The lowest BCUT2D eigenvalue weighted by Gasteiger charge is -2.19. The third-order valence-electron chi connectivity index (χ3n) is 3.86. The van der Waals surface area contributed by atoms with Crippen molar-refractivity contribution in [3.63, 3.8) is 0 Å². The number of unbranched alkanes of at least 4 members (excludes halogenated alkanes) is 3. The number of hydrogen-bond acceptors (Lipinski definition) is 4. The minimum atomic E-state index is -0.556. The molecule has 1 aliphatic heterocycles. The minimum Gasteiger partial charge on any atom is -0.463 e. The van der Waals surface area contributed by atoms with Crippen LogP contribution in [0.5, 0.6) is 0 Å². The van der Waals surface area contributed by atoms with Crippen molar-refractivity contribution in [3.05, 3.63) is 0 Å². The molecule has 0 N–H and O–H groups in total. The third-order valence-corrected chi connectivity index (χ3v) is 3.86. The van der Waals surface area contributed by atoms with Gasteiger partial charge in [0.15, 0.2) is 5.79 Å². The molecule has 0 radical (unpaired) electrons. The summed E-state index contributed by atoms with van der Waals surface area (Å²) in [6.45, 7) is 8.86. The molecule has 0 aromatic heterocycles. The van der Waals surface area contributed by atoms with E-state index in [4.69, 9.17) is 14.2 Å². The SMILES string of the molecule is CCCCCC[C@H](CCC)C(=O)OC[C@H]1COC(C)(C)O1. The van der Waals surface area contributed by atoms with Crippen molar-refractivity contribution in [1.82, 2.24) is 0 Å². The van der Waals surface area contributed by atoms with Gasteiger partial charge in [0.05, 0.1) is 12.5 Å². The highest BCUT2D eigenvalue weighted by Crippen LogP contribution is 2.23. The van der Waals surface area contributed by atoms with E-state index in [1.165, 1.54) is 19.3 Å². The molecule has 0 saturated carbocycles. The van der Waals surface area contributed by atoms with Crippen LogP contribution in [-0.2, 0) is 19.0 Å². The van der Waals surface area contributed by atoms with Crippen LogP contribution in [0.3, 0.4) is 0 Å². The van der Waals surface area contributed by atoms with E-state index in [0.717, 1.165) is 25.7 Å². The van der Waals surface area contributed by atoms with Crippen LogP contribution in [0.25, 0.3) is 0 Å². The number of esters is 1. The lowest BCUT2D eigenvalue weighted by molar-refractivity contribution is -0.161. The van der Waals surface area contributed by atoms with Crippen molar-refractivity contribution in [2.75, 3.05) is 13.2 Å². The minimum absolute atomic E-state index is 0.0437. The predicted molar refractivity (Wildman–Crippen MR) is 83.0 cm³/mol. The van der Waals surface area contributed by atoms with E-state index in [0.29, 0.717) is 13.2 Å². The van der Waals surface area contributed by atoms with Crippen molar-refractivity contribution in [1.29, 1.82) is 0 Å². The molecule has 0 bridgehead atoms. The lowest BCUT2D eigenvalue weighted by Crippen LogP contribution is -2.27. The zero-order chi connectivity index (χ0) is 15.7. The van der Waals surface area contributed by atoms with Gasteiger partial charge in [0.2, 0.25) is 0 Å². The summed E-state index contributed by atoms with van der Waals surface area (Å²) < 4.78 is 16.6. The smallest absolute Gasteiger partial charge is 0.309 e. The Bertz CT molecular complexity index is 301. The fourth-order valence-electron chi connectivity index (χ4n) is 2.68. The molecular formula is C17H32O4. The summed E-state index contributed by atoms with van der Waals surface area (Å²) in [6, 6.07) is 0. The first-order valence-electron chi connectivity index (χ1n) is 8.47. The maximum atomic E-state index is 12.2. The van der Waals surface area contributed by atoms with Crippen molar-refractivity contribution in [2.24, 2.45) is 5.92 Å². The molecule has 0 spiro atoms. The summed E-state index contributed by atoms with van der Waals surface area (Å²) in [6.07, 6.45) is 7.53. The molecule has 21 heavy (non-hydrogen) atoms. The van der Waals surface area contributed by atoms with Gasteiger partial charge in [0, 0.05) is 0 Å². The number of hydrogen-bond donors (Lipinski definition) is 0. The highest BCUT2D eigenvalue weighted by atomic mass is 16.7. The van der Waals surface area contributed by atoms with Crippen LogP contribution in [0.4, 0.5) is 0 Å². The van der Waals surface area contributed by atoms with E-state index >= 15 is 0 Å². The van der Waals surface area contributed by atoms with E-state index in [9.17, 15) is 4.79 Å². The molecule has 2 atom stereocenters. The quantitative estimate of drug-likeness (QED) is 0.451. The molecule has 1 rings (SSSR count). The monoisotopic (exact) mass is 300 g/mol. The van der Waals surface area contributed by atoms with Crippen LogP contribution in [0.2, 0.25) is 0 Å². The van der Waals surface area contributed by atoms with Crippen molar-refractivity contribution < 1.29 is 19.0 Å². The Morgan fingerprint density at radius 1 is 1.19 bits per heavy atom. The molecule has 0 aliphatic carbocycles. The van der Waals surface area contributed by atoms with Crippen LogP contribution in [0.15, 0.2) is 0 Å². The van der Waals surface area contributed by atoms with Crippen molar-refractivity contribution in [3.8, 4) is 0 Å². The Labute approximate surface area is 129 Å². The highest BCUT2D eigenvalue weighted by molar-refractivity contribution is 5.72. The van der Waals surface area contributed by atoms with Crippen LogP contribution in [0, 0.1) is 5.92 Å². The van der Waals surface area contributed by atoms with E-state index in [1.807, 2.05) is 13.8 Å². The average molecular weight is 300 g/mol. The van der Waals surface area contributed by atoms with E-state index in [-0.39, 0.29) is 18.0 Å². The normalized spacial score (nSPS) is 22.2. The molecule has 0 aromatic rings. The van der Waals surface area contributed by atoms with Crippen LogP contribution in [0.1, 0.15) is 72.6 Å². The Morgan fingerprint density at radius 3 is 2.52 bits per heavy atom. The summed E-state index contributed by atoms with van der Waals surface area (Å²) in [4.78, 5) is 12.2. The van der Waals surface area contributed by atoms with Gasteiger partial charge in [0.25, 0.3) is 0 Å². The van der Waals surface area contributed by atoms with Gasteiger partial charge >= 0.3 is 5.97 Å². The highest BCUT2D eigenvalue weighted by Gasteiger charge is 2.33. The largest absolute Gasteiger partial charge is 0.463 e. The van der Waals surface area contributed by atoms with Gasteiger partial charge in [-0.05, 0) is 26.7 Å². The second-order valence-corrected chi connectivity index (χ2v) is 6.42. The first-order chi connectivity index (χ1) is 9.98. The summed E-state index contributed by atoms with van der Waals surface area (Å²) >= 11 is 0. The van der Waals surface area contributed by atoms with E-state index in [2.05, 4.69) is 13.8 Å². The molecule has 1 saturated heterocycles. The molecule has 1 heterocycles. The second kappa shape index (κ2) is 9.42. The van der Waals surface area contributed by atoms with Gasteiger partial charge in [-0.15, -0.1) is 0 Å². The van der Waals surface area contributed by atoms with Crippen LogP contribution >= 0.6 is 0 Å². The first kappa shape index (κ1) is 18.4. The van der Waals surface area contributed by atoms with Gasteiger partial charge in [-0.1, -0.05) is 46.0 Å². The maximum Gasteiger partial charge on any atom is 0.309 e. The maximum absolute atomic E-state index is 12.2. The molecule has 1 aliphatic rings. The summed E-state index contributed by atoms with van der Waals surface area (Å²) in [7, 11) is 0. The Kier molecular flexibility index (Phi) is 8.27. The number of carbonyl (C=O) groups excluding carboxylic acids is 1. The van der Waals surface area contributed by atoms with E-state index in [1.54, 1.807) is 0 Å². The van der Waals surface area contributed by atoms with Gasteiger partial charge in [0.1, 0.15) is 12.7 Å². The fraction of sp³-hybridized carbons (Fsp3) is 0.941. The van der Waals surface area contributed by atoms with E-state index < -0.39 is 5.79 Å². The third kappa shape index (κ3) is 7.28. The molecule has 4 heteroatoms. The predicted octanol–water partition coefficient (Wildman–Crippen LogP) is 4.07. The van der Waals surface area contributed by atoms with Crippen LogP contribution in [-0.4, -0.2) is 31.1 Å². The lowest BCUT2D eigenvalue weighted by atomic mass is 9.96. The number of carbonyl (C=O) groups is 1. The number of ether oxygens (including phenoxy) is 3. The first-order valence-corrected chi connectivity index (χ1v) is 8.47. The molecule has 1 fully saturated rings. The van der Waals surface area contributed by atoms with Crippen molar-refractivity contribution >= 4 is 5.97 Å². The molecular weight excluding hydrogens is 268 g/mol. The Balaban J connectivity index is 2.28. The Morgan fingerprint density at radius 2 is 1.95 bits per heavy atom. The summed E-state index contributed by atoms with van der Waals surface area (Å²) in [5.74, 6) is -0.580. The zero-order valence-electron chi connectivity index (χ0n) is 14.2. The van der Waals surface area contributed by atoms with Gasteiger partial charge in [-0.3, -0.25) is 4.79 Å². The van der Waals surface area contributed by atoms with Gasteiger partial charge in [-0.25, -0.2) is 0 Å². The van der Waals surface area contributed by atoms with Gasteiger partial charge in [-0.2, -0.15) is 0 Å². The second-order valence-electron chi connectivity index (χ2n) is 6.42.